The number of hydrogen-bond acceptors (Lipinski definition) is 5. The molecule has 0 fully saturated rings. The number of hydrogen-bond donors (Lipinski definition) is 3. The van der Waals surface area contributed by atoms with Crippen LogP contribution in [0.1, 0.15) is 101 Å². The monoisotopic (exact) mass is 608 g/mol. The molecule has 2 aromatic carbocycles. The summed E-state index contributed by atoms with van der Waals surface area (Å²) in [4.78, 5) is 55.3. The van der Waals surface area contributed by atoms with E-state index in [0.29, 0.717) is 23.6 Å². The van der Waals surface area contributed by atoms with Crippen LogP contribution >= 0.6 is 0 Å². The van der Waals surface area contributed by atoms with E-state index in [1.807, 2.05) is 71.0 Å². The van der Waals surface area contributed by atoms with Gasteiger partial charge in [0.1, 0.15) is 17.7 Å². The second-order valence-electron chi connectivity index (χ2n) is 13.3. The lowest BCUT2D eigenvalue weighted by Crippen LogP contribution is -2.55. The van der Waals surface area contributed by atoms with Crippen LogP contribution in [0.3, 0.4) is 0 Å². The zero-order valence-electron chi connectivity index (χ0n) is 28.2. The largest absolute Gasteiger partial charge is 0.444 e. The highest BCUT2D eigenvalue weighted by atomic mass is 16.6. The highest BCUT2D eigenvalue weighted by Crippen LogP contribution is 2.31. The summed E-state index contributed by atoms with van der Waals surface area (Å²) in [5, 5.41) is 5.78. The highest BCUT2D eigenvalue weighted by Gasteiger charge is 2.39. The maximum absolute atomic E-state index is 14.6. The van der Waals surface area contributed by atoms with Crippen molar-refractivity contribution in [1.82, 2.24) is 10.2 Å². The summed E-state index contributed by atoms with van der Waals surface area (Å²) in [6.45, 7) is 19.1. The number of benzene rings is 2. The van der Waals surface area contributed by atoms with E-state index in [4.69, 9.17) is 10.5 Å². The Morgan fingerprint density at radius 1 is 0.864 bits per heavy atom. The summed E-state index contributed by atoms with van der Waals surface area (Å²) < 4.78 is 5.45. The topological polar surface area (TPSA) is 131 Å². The van der Waals surface area contributed by atoms with Gasteiger partial charge in [0, 0.05) is 18.2 Å². The minimum atomic E-state index is -1.15. The number of alkyl carbamates (subject to hydrolysis) is 1. The molecule has 0 spiro atoms. The normalized spacial score (nSPS) is 13.5. The number of carbonyl (C=O) groups is 4. The first-order chi connectivity index (χ1) is 20.4. The quantitative estimate of drug-likeness (QED) is 0.242. The molecule has 2 rings (SSSR count). The summed E-state index contributed by atoms with van der Waals surface area (Å²) in [5.41, 5.74) is 9.82. The van der Waals surface area contributed by atoms with Gasteiger partial charge in [-0.05, 0) is 108 Å². The summed E-state index contributed by atoms with van der Waals surface area (Å²) >= 11 is 0. The van der Waals surface area contributed by atoms with Gasteiger partial charge in [0.15, 0.2) is 0 Å². The van der Waals surface area contributed by atoms with E-state index < -0.39 is 41.6 Å². The van der Waals surface area contributed by atoms with Gasteiger partial charge in [-0.25, -0.2) is 4.79 Å². The first-order valence-electron chi connectivity index (χ1n) is 15.5. The highest BCUT2D eigenvalue weighted by molar-refractivity contribution is 6.00. The number of amides is 4. The number of anilines is 1. The Balaban J connectivity index is 2.72. The van der Waals surface area contributed by atoms with Crippen molar-refractivity contribution in [3.63, 3.8) is 0 Å². The molecule has 9 heteroatoms. The van der Waals surface area contributed by atoms with Crippen molar-refractivity contribution in [3.05, 3.63) is 64.2 Å². The number of rotatable bonds is 13. The van der Waals surface area contributed by atoms with E-state index in [0.717, 1.165) is 28.7 Å². The van der Waals surface area contributed by atoms with Crippen molar-refractivity contribution >= 4 is 29.5 Å². The van der Waals surface area contributed by atoms with Gasteiger partial charge < -0.3 is 26.0 Å². The molecule has 242 valence electrons. The van der Waals surface area contributed by atoms with Gasteiger partial charge in [0.05, 0.1) is 0 Å². The third kappa shape index (κ3) is 10.7. The van der Waals surface area contributed by atoms with Crippen molar-refractivity contribution in [2.75, 3.05) is 5.32 Å². The van der Waals surface area contributed by atoms with Crippen molar-refractivity contribution in [2.45, 2.75) is 119 Å². The fourth-order valence-electron chi connectivity index (χ4n) is 5.06. The molecule has 3 atom stereocenters. The lowest BCUT2D eigenvalue weighted by molar-refractivity contribution is -0.143. The van der Waals surface area contributed by atoms with Crippen molar-refractivity contribution in [2.24, 2.45) is 11.7 Å². The van der Waals surface area contributed by atoms with Gasteiger partial charge in [-0.2, -0.15) is 0 Å². The average molecular weight is 609 g/mol. The number of nitrogens with one attached hydrogen (secondary N) is 2. The standard InChI is InChI=1S/C35H52N4O5/c1-21(2)14-16-26(7)39(33(42)28(18-19-29(36)40)37-34(43)44-35(8,9)10)31(27-17-15-22(3)25(6)20-27)32(41)38-30-23(4)12-11-13-24(30)5/h11-13,15,17,20-21,26,28,31H,14,16,18-19H2,1-10H3,(H2,36,40)(H,37,43)(H,38,41). The first kappa shape index (κ1) is 36.3. The molecule has 4 amide bonds. The molecular weight excluding hydrogens is 556 g/mol. The second kappa shape index (κ2) is 15.7. The second-order valence-corrected chi connectivity index (χ2v) is 13.3. The zero-order valence-corrected chi connectivity index (χ0v) is 28.2. The molecule has 0 saturated carbocycles. The van der Waals surface area contributed by atoms with E-state index in [2.05, 4.69) is 24.5 Å². The number of primary amides is 1. The molecule has 0 saturated heterocycles. The number of nitrogens with zero attached hydrogens (tertiary/aromatic N) is 1. The van der Waals surface area contributed by atoms with Gasteiger partial charge >= 0.3 is 6.09 Å². The SMILES string of the molecule is Cc1ccc(C(C(=O)Nc2c(C)cccc2C)N(C(=O)C(CCC(N)=O)NC(=O)OC(C)(C)C)C(C)CCC(C)C)cc1C. The number of para-hydroxylation sites is 1. The Hall–Kier alpha value is -3.88. The maximum Gasteiger partial charge on any atom is 0.408 e. The van der Waals surface area contributed by atoms with Crippen LogP contribution in [0.2, 0.25) is 0 Å². The molecule has 3 unspecified atom stereocenters. The van der Waals surface area contributed by atoms with E-state index in [9.17, 15) is 19.2 Å². The zero-order chi connectivity index (χ0) is 33.4. The van der Waals surface area contributed by atoms with Crippen molar-refractivity contribution < 1.29 is 23.9 Å². The van der Waals surface area contributed by atoms with Crippen LogP contribution in [0.15, 0.2) is 36.4 Å². The lowest BCUT2D eigenvalue weighted by atomic mass is 9.94. The summed E-state index contributed by atoms with van der Waals surface area (Å²) in [5.74, 6) is -1.11. The summed E-state index contributed by atoms with van der Waals surface area (Å²) in [7, 11) is 0. The fourth-order valence-corrected chi connectivity index (χ4v) is 5.06. The molecule has 0 aliphatic rings. The number of carbonyl (C=O) groups excluding carboxylic acids is 4. The minimum absolute atomic E-state index is 0.0427. The lowest BCUT2D eigenvalue weighted by Gasteiger charge is -2.39. The Bertz CT molecular complexity index is 1310. The van der Waals surface area contributed by atoms with Crippen LogP contribution in [0.25, 0.3) is 0 Å². The van der Waals surface area contributed by atoms with Crippen LogP contribution in [-0.4, -0.2) is 46.4 Å². The van der Waals surface area contributed by atoms with Gasteiger partial charge in [-0.15, -0.1) is 0 Å². The smallest absolute Gasteiger partial charge is 0.408 e. The van der Waals surface area contributed by atoms with E-state index in [-0.39, 0.29) is 18.7 Å². The Morgan fingerprint density at radius 2 is 1.48 bits per heavy atom. The van der Waals surface area contributed by atoms with Crippen LogP contribution in [0.5, 0.6) is 0 Å². The van der Waals surface area contributed by atoms with Gasteiger partial charge in [-0.1, -0.05) is 50.2 Å². The summed E-state index contributed by atoms with van der Waals surface area (Å²) in [6.07, 6.45) is 0.464. The third-order valence-electron chi connectivity index (χ3n) is 7.66. The van der Waals surface area contributed by atoms with E-state index in [1.54, 1.807) is 25.7 Å². The van der Waals surface area contributed by atoms with Gasteiger partial charge in [0.2, 0.25) is 11.8 Å². The van der Waals surface area contributed by atoms with E-state index >= 15 is 0 Å². The molecule has 0 aliphatic heterocycles. The molecule has 0 radical (unpaired) electrons. The average Bonchev–Trinajstić information content (AvgIpc) is 2.90. The minimum Gasteiger partial charge on any atom is -0.444 e. The van der Waals surface area contributed by atoms with Crippen LogP contribution in [-0.2, 0) is 19.1 Å². The van der Waals surface area contributed by atoms with Gasteiger partial charge in [-0.3, -0.25) is 14.4 Å². The Labute approximate surface area is 263 Å². The molecule has 0 bridgehead atoms. The molecule has 0 heterocycles. The van der Waals surface area contributed by atoms with E-state index in [1.165, 1.54) is 0 Å². The number of ether oxygens (including phenoxy) is 1. The predicted molar refractivity (Wildman–Crippen MR) is 175 cm³/mol. The van der Waals surface area contributed by atoms with Crippen LogP contribution in [0.4, 0.5) is 10.5 Å². The van der Waals surface area contributed by atoms with Crippen LogP contribution in [0, 0.1) is 33.6 Å². The molecule has 0 aliphatic carbocycles. The molecule has 4 N–H and O–H groups in total. The van der Waals surface area contributed by atoms with Gasteiger partial charge in [0.25, 0.3) is 5.91 Å². The predicted octanol–water partition coefficient (Wildman–Crippen LogP) is 6.41. The Kier molecular flexibility index (Phi) is 13.0. The van der Waals surface area contributed by atoms with Crippen molar-refractivity contribution in [1.29, 1.82) is 0 Å². The van der Waals surface area contributed by atoms with Crippen molar-refractivity contribution in [3.8, 4) is 0 Å². The molecule has 9 nitrogen and oxygen atoms in total. The Morgan fingerprint density at radius 3 is 2.00 bits per heavy atom. The molecular formula is C35H52N4O5. The number of nitrogens with two attached hydrogens (primary N) is 1. The molecule has 2 aromatic rings. The number of aryl methyl sites for hydroxylation is 4. The maximum atomic E-state index is 14.6. The first-order valence-corrected chi connectivity index (χ1v) is 15.5. The van der Waals surface area contributed by atoms with Crippen LogP contribution < -0.4 is 16.4 Å². The molecule has 44 heavy (non-hydrogen) atoms. The molecule has 0 aromatic heterocycles. The summed E-state index contributed by atoms with van der Waals surface area (Å²) in [6, 6.07) is 8.94. The fraction of sp³-hybridized carbons (Fsp3) is 0.543. The third-order valence-corrected chi connectivity index (χ3v) is 7.66.